The van der Waals surface area contributed by atoms with Gasteiger partial charge in [-0.1, -0.05) is 13.8 Å². The zero-order chi connectivity index (χ0) is 15.3. The molecule has 0 aliphatic carbocycles. The predicted octanol–water partition coefficient (Wildman–Crippen LogP) is 0.920. The van der Waals surface area contributed by atoms with Crippen LogP contribution in [0.3, 0.4) is 0 Å². The first-order valence-electron chi connectivity index (χ1n) is 7.18. The summed E-state index contributed by atoms with van der Waals surface area (Å²) in [5.41, 5.74) is 0. The van der Waals surface area contributed by atoms with Crippen LogP contribution >= 0.6 is 0 Å². The number of methoxy groups -OCH3 is 1. The minimum absolute atomic E-state index is 0.00859. The summed E-state index contributed by atoms with van der Waals surface area (Å²) in [6.07, 6.45) is 2.06. The van der Waals surface area contributed by atoms with Crippen LogP contribution in [0.25, 0.3) is 0 Å². The van der Waals surface area contributed by atoms with Crippen LogP contribution in [-0.2, 0) is 9.53 Å². The molecule has 0 saturated carbocycles. The van der Waals surface area contributed by atoms with E-state index in [-0.39, 0.29) is 24.0 Å². The lowest BCUT2D eigenvalue weighted by atomic mass is 10.0. The number of nitrogens with zero attached hydrogens (tertiary/aromatic N) is 2. The Morgan fingerprint density at radius 2 is 1.95 bits per heavy atom. The second-order valence-electron chi connectivity index (χ2n) is 5.72. The smallest absolute Gasteiger partial charge is 0.328 e. The van der Waals surface area contributed by atoms with Crippen molar-refractivity contribution in [2.75, 3.05) is 34.3 Å². The molecule has 0 aromatic heterocycles. The molecule has 1 rings (SSSR count). The largest absolute Gasteiger partial charge is 0.467 e. The van der Waals surface area contributed by atoms with Crippen LogP contribution in [0.15, 0.2) is 0 Å². The Bertz CT molecular complexity index is 341. The summed E-state index contributed by atoms with van der Waals surface area (Å²) in [4.78, 5) is 27.6. The van der Waals surface area contributed by atoms with Gasteiger partial charge in [-0.25, -0.2) is 9.59 Å². The third-order valence-corrected chi connectivity index (χ3v) is 3.91. The number of piperidine rings is 1. The molecule has 1 fully saturated rings. The third kappa shape index (κ3) is 3.85. The first-order chi connectivity index (χ1) is 9.40. The number of carbonyl (C=O) groups excluding carboxylic acids is 2. The monoisotopic (exact) mass is 285 g/mol. The van der Waals surface area contributed by atoms with Gasteiger partial charge in [0.2, 0.25) is 0 Å². The molecular weight excluding hydrogens is 258 g/mol. The van der Waals surface area contributed by atoms with Crippen LogP contribution in [0.4, 0.5) is 4.79 Å². The van der Waals surface area contributed by atoms with E-state index in [1.165, 1.54) is 12.0 Å². The lowest BCUT2D eigenvalue weighted by Gasteiger charge is -2.37. The number of amides is 2. The number of esters is 1. The molecule has 6 heteroatoms. The number of hydrogen-bond acceptors (Lipinski definition) is 4. The van der Waals surface area contributed by atoms with Crippen molar-refractivity contribution < 1.29 is 14.3 Å². The number of rotatable bonds is 4. The lowest BCUT2D eigenvalue weighted by molar-refractivity contribution is -0.147. The number of ether oxygens (including phenoxy) is 1. The average Bonchev–Trinajstić information content (AvgIpc) is 2.46. The molecule has 0 spiro atoms. The normalized spacial score (nSPS) is 20.4. The maximum absolute atomic E-state index is 12.5. The number of carbonyl (C=O) groups is 2. The Morgan fingerprint density at radius 1 is 1.30 bits per heavy atom. The van der Waals surface area contributed by atoms with Gasteiger partial charge in [0.25, 0.3) is 0 Å². The molecule has 2 amide bonds. The van der Waals surface area contributed by atoms with Crippen LogP contribution in [-0.4, -0.2) is 68.2 Å². The first-order valence-corrected chi connectivity index (χ1v) is 7.18. The fourth-order valence-corrected chi connectivity index (χ4v) is 2.69. The highest BCUT2D eigenvalue weighted by atomic mass is 16.5. The maximum atomic E-state index is 12.5. The number of likely N-dealkylation sites (N-methyl/N-ethyl adjacent to an activating group) is 2. The van der Waals surface area contributed by atoms with Crippen molar-refractivity contribution in [3.05, 3.63) is 0 Å². The molecule has 1 N–H and O–H groups in total. The van der Waals surface area contributed by atoms with Gasteiger partial charge in [-0.2, -0.15) is 0 Å². The molecule has 20 heavy (non-hydrogen) atoms. The van der Waals surface area contributed by atoms with Crippen molar-refractivity contribution >= 4 is 12.0 Å². The van der Waals surface area contributed by atoms with E-state index in [1.807, 2.05) is 13.8 Å². The Kier molecular flexibility index (Phi) is 6.26. The number of hydrogen-bond donors (Lipinski definition) is 1. The van der Waals surface area contributed by atoms with E-state index in [4.69, 9.17) is 4.74 Å². The molecule has 116 valence electrons. The van der Waals surface area contributed by atoms with E-state index < -0.39 is 6.04 Å². The van der Waals surface area contributed by atoms with Crippen molar-refractivity contribution in [3.8, 4) is 0 Å². The van der Waals surface area contributed by atoms with Crippen molar-refractivity contribution in [3.63, 3.8) is 0 Å². The second-order valence-corrected chi connectivity index (χ2v) is 5.72. The zero-order valence-corrected chi connectivity index (χ0v) is 13.2. The van der Waals surface area contributed by atoms with Crippen molar-refractivity contribution in [1.29, 1.82) is 0 Å². The van der Waals surface area contributed by atoms with E-state index in [0.29, 0.717) is 0 Å². The second kappa shape index (κ2) is 7.47. The average molecular weight is 285 g/mol. The van der Waals surface area contributed by atoms with E-state index in [2.05, 4.69) is 5.32 Å². The molecule has 1 saturated heterocycles. The summed E-state index contributed by atoms with van der Waals surface area (Å²) < 4.78 is 4.81. The van der Waals surface area contributed by atoms with E-state index in [9.17, 15) is 9.59 Å². The van der Waals surface area contributed by atoms with Crippen LogP contribution in [0, 0.1) is 5.92 Å². The summed E-state index contributed by atoms with van der Waals surface area (Å²) in [5.74, 6) is -0.361. The van der Waals surface area contributed by atoms with Gasteiger partial charge in [0.15, 0.2) is 0 Å². The standard InChI is InChI=1S/C14H27N3O3/c1-10(2)12(13(18)20-5)17(4)14(19)16(3)11-7-6-8-15-9-11/h10-12,15H,6-9H2,1-5H3/t11-,12?/m0/s1. The summed E-state index contributed by atoms with van der Waals surface area (Å²) in [6.45, 7) is 5.63. The molecule has 1 aliphatic rings. The highest BCUT2D eigenvalue weighted by Gasteiger charge is 2.34. The molecule has 1 heterocycles. The summed E-state index contributed by atoms with van der Waals surface area (Å²) in [6, 6.07) is -0.501. The van der Waals surface area contributed by atoms with Crippen molar-refractivity contribution in [2.24, 2.45) is 5.92 Å². The third-order valence-electron chi connectivity index (χ3n) is 3.91. The van der Waals surface area contributed by atoms with Gasteiger partial charge in [0.05, 0.1) is 7.11 Å². The molecule has 0 aromatic carbocycles. The van der Waals surface area contributed by atoms with Crippen LogP contribution in [0.1, 0.15) is 26.7 Å². The Morgan fingerprint density at radius 3 is 2.40 bits per heavy atom. The van der Waals surface area contributed by atoms with Crippen LogP contribution < -0.4 is 5.32 Å². The van der Waals surface area contributed by atoms with Gasteiger partial charge in [0.1, 0.15) is 6.04 Å². The molecule has 1 aliphatic heterocycles. The van der Waals surface area contributed by atoms with Crippen molar-refractivity contribution in [1.82, 2.24) is 15.1 Å². The minimum atomic E-state index is -0.550. The van der Waals surface area contributed by atoms with Gasteiger partial charge in [-0.15, -0.1) is 0 Å². The maximum Gasteiger partial charge on any atom is 0.328 e. The fraction of sp³-hybridized carbons (Fsp3) is 0.857. The van der Waals surface area contributed by atoms with E-state index >= 15 is 0 Å². The lowest BCUT2D eigenvalue weighted by Crippen LogP contribution is -2.55. The molecule has 0 aromatic rings. The first kappa shape index (κ1) is 16.8. The number of nitrogens with one attached hydrogen (secondary N) is 1. The minimum Gasteiger partial charge on any atom is -0.467 e. The zero-order valence-electron chi connectivity index (χ0n) is 13.2. The predicted molar refractivity (Wildman–Crippen MR) is 77.5 cm³/mol. The highest BCUT2D eigenvalue weighted by Crippen LogP contribution is 2.16. The molecule has 0 radical (unpaired) electrons. The molecular formula is C14H27N3O3. The summed E-state index contributed by atoms with van der Waals surface area (Å²) in [5, 5.41) is 3.29. The summed E-state index contributed by atoms with van der Waals surface area (Å²) in [7, 11) is 4.81. The molecule has 0 bridgehead atoms. The van der Waals surface area contributed by atoms with E-state index in [0.717, 1.165) is 25.9 Å². The summed E-state index contributed by atoms with van der Waals surface area (Å²) >= 11 is 0. The highest BCUT2D eigenvalue weighted by molar-refractivity contribution is 5.83. The Labute approximate surface area is 121 Å². The van der Waals surface area contributed by atoms with Crippen molar-refractivity contribution in [2.45, 2.75) is 38.8 Å². The van der Waals surface area contributed by atoms with Crippen LogP contribution in [0.5, 0.6) is 0 Å². The SMILES string of the molecule is COC(=O)C(C(C)C)N(C)C(=O)N(C)[C@H]1CCCNC1. The van der Waals surface area contributed by atoms with Gasteiger partial charge in [-0.05, 0) is 25.3 Å². The van der Waals surface area contributed by atoms with E-state index in [1.54, 1.807) is 19.0 Å². The Balaban J connectivity index is 2.74. The number of urea groups is 1. The van der Waals surface area contributed by atoms with Crippen LogP contribution in [0.2, 0.25) is 0 Å². The van der Waals surface area contributed by atoms with Gasteiger partial charge in [0, 0.05) is 26.7 Å². The molecule has 1 unspecified atom stereocenters. The quantitative estimate of drug-likeness (QED) is 0.780. The Hall–Kier alpha value is -1.30. The molecule has 2 atom stereocenters. The van der Waals surface area contributed by atoms with Gasteiger partial charge < -0.3 is 19.9 Å². The molecule has 6 nitrogen and oxygen atoms in total. The van der Waals surface area contributed by atoms with Gasteiger partial charge >= 0.3 is 12.0 Å². The fourth-order valence-electron chi connectivity index (χ4n) is 2.69. The topological polar surface area (TPSA) is 61.9 Å². The van der Waals surface area contributed by atoms with Gasteiger partial charge in [-0.3, -0.25) is 0 Å².